The maximum absolute atomic E-state index is 8.63. The SMILES string of the molecule is CN(C)Cc1cccc[c]1[Sn]1([c]2ccccc2CN(C)C)[O][Sn]([c]2ccccc2CN(C)C)([c]2ccccc2CN(C)C)[C]12C=CC=C2. The van der Waals surface area contributed by atoms with Crippen molar-refractivity contribution in [3.8, 4) is 0 Å². The molecule has 0 atom stereocenters. The van der Waals surface area contributed by atoms with E-state index < -0.39 is 37.6 Å². The second kappa shape index (κ2) is 14.5. The number of allylic oxidation sites excluding steroid dienone is 4. The van der Waals surface area contributed by atoms with Gasteiger partial charge in [-0.05, 0) is 0 Å². The Kier molecular flexibility index (Phi) is 10.8. The van der Waals surface area contributed by atoms with E-state index in [0.29, 0.717) is 0 Å². The predicted octanol–water partition coefficient (Wildman–Crippen LogP) is 4.19. The van der Waals surface area contributed by atoms with Crippen LogP contribution in [0.2, 0.25) is 1.45 Å². The molecule has 1 saturated heterocycles. The van der Waals surface area contributed by atoms with Crippen LogP contribution >= 0.6 is 0 Å². The van der Waals surface area contributed by atoms with Crippen molar-refractivity contribution >= 4 is 51.9 Å². The molecule has 0 radical (unpaired) electrons. The molecule has 1 aliphatic heterocycles. The Bertz CT molecular complexity index is 1570. The van der Waals surface area contributed by atoms with Gasteiger partial charge in [-0.15, -0.1) is 0 Å². The minimum absolute atomic E-state index is 0.168. The van der Waals surface area contributed by atoms with Gasteiger partial charge in [0.15, 0.2) is 0 Å². The summed E-state index contributed by atoms with van der Waals surface area (Å²) in [5, 5.41) is 0. The zero-order valence-electron chi connectivity index (χ0n) is 30.1. The molecule has 0 unspecified atom stereocenters. The summed E-state index contributed by atoms with van der Waals surface area (Å²) in [7, 11) is 17.5. The number of hydrogen-bond donors (Lipinski definition) is 0. The summed E-state index contributed by atoms with van der Waals surface area (Å²) in [6.07, 6.45) is 9.99. The molecule has 1 fully saturated rings. The van der Waals surface area contributed by atoms with E-state index in [1.54, 1.807) is 0 Å². The molecule has 7 heteroatoms. The quantitative estimate of drug-likeness (QED) is 0.199. The average molecular weight is 854 g/mol. The molecule has 4 aromatic rings. The molecule has 6 rings (SSSR count). The van der Waals surface area contributed by atoms with Gasteiger partial charge in [-0.3, -0.25) is 0 Å². The number of hydrogen-bond acceptors (Lipinski definition) is 5. The third kappa shape index (κ3) is 6.07. The molecule has 5 nitrogen and oxygen atoms in total. The molecular weight excluding hydrogens is 802 g/mol. The Hall–Kier alpha value is -2.24. The van der Waals surface area contributed by atoms with Gasteiger partial charge in [0.05, 0.1) is 0 Å². The first kappa shape index (κ1) is 35.6. The van der Waals surface area contributed by atoms with Crippen LogP contribution in [0.15, 0.2) is 121 Å². The Morgan fingerprint density at radius 2 is 0.667 bits per heavy atom. The average Bonchev–Trinajstić information content (AvgIpc) is 3.57. The molecule has 0 amide bonds. The molecule has 0 saturated carbocycles. The molecular formula is C41H52N4OSn2. The van der Waals surface area contributed by atoms with Gasteiger partial charge < -0.3 is 0 Å². The molecule has 2 aliphatic rings. The maximum atomic E-state index is 8.63. The number of rotatable bonds is 12. The first-order valence-corrected chi connectivity index (χ1v) is 27.9. The van der Waals surface area contributed by atoms with Gasteiger partial charge in [0, 0.05) is 0 Å². The van der Waals surface area contributed by atoms with Crippen molar-refractivity contribution in [1.82, 2.24) is 19.6 Å². The summed E-state index contributed by atoms with van der Waals surface area (Å²) < 4.78 is 14.4. The molecule has 48 heavy (non-hydrogen) atoms. The summed E-state index contributed by atoms with van der Waals surface area (Å²) in [4.78, 5) is 9.24. The first-order chi connectivity index (χ1) is 23.1. The van der Waals surface area contributed by atoms with E-state index in [-0.39, 0.29) is 1.45 Å². The molecule has 250 valence electrons. The molecule has 0 aromatic heterocycles. The Morgan fingerprint density at radius 1 is 0.417 bits per heavy atom. The predicted molar refractivity (Wildman–Crippen MR) is 207 cm³/mol. The third-order valence-corrected chi connectivity index (χ3v) is 59.6. The van der Waals surface area contributed by atoms with Gasteiger partial charge in [0.25, 0.3) is 0 Å². The zero-order valence-corrected chi connectivity index (χ0v) is 35.8. The normalized spacial score (nSPS) is 17.2. The fourth-order valence-electron chi connectivity index (χ4n) is 8.31. The van der Waals surface area contributed by atoms with Crippen LogP contribution in [-0.2, 0) is 27.6 Å². The van der Waals surface area contributed by atoms with Crippen molar-refractivity contribution < 1.29 is 1.41 Å². The topological polar surface area (TPSA) is 22.2 Å². The van der Waals surface area contributed by atoms with Gasteiger partial charge in [-0.2, -0.15) is 0 Å². The van der Waals surface area contributed by atoms with Crippen molar-refractivity contribution in [1.29, 1.82) is 0 Å². The standard InChI is InChI=1S/4C9H12N.C5H4.O.2Sn/c4*1-10(2)8-9-6-4-3-5-7-9;1-2-4-5-3-1;;;/h4*3-6H,8H2,1-2H3;1-4H;;;. The van der Waals surface area contributed by atoms with Crippen LogP contribution < -0.4 is 14.3 Å². The van der Waals surface area contributed by atoms with Crippen LogP contribution in [0, 0.1) is 0 Å². The Balaban J connectivity index is 1.77. The summed E-state index contributed by atoms with van der Waals surface area (Å²) in [6, 6.07) is 37.1. The fourth-order valence-corrected chi connectivity index (χ4v) is 76.0. The van der Waals surface area contributed by atoms with Crippen LogP contribution in [-0.4, -0.2) is 114 Å². The summed E-state index contributed by atoms with van der Waals surface area (Å²) in [5.41, 5.74) is 5.59. The van der Waals surface area contributed by atoms with E-state index in [0.717, 1.165) is 26.2 Å². The van der Waals surface area contributed by atoms with E-state index in [1.807, 2.05) is 0 Å². The van der Waals surface area contributed by atoms with E-state index in [4.69, 9.17) is 1.41 Å². The van der Waals surface area contributed by atoms with Crippen molar-refractivity contribution in [2.45, 2.75) is 27.6 Å². The Labute approximate surface area is 298 Å². The minimum atomic E-state index is -4.20. The number of nitrogens with zero attached hydrogens (tertiary/aromatic N) is 4. The molecule has 1 spiro atoms. The zero-order chi connectivity index (χ0) is 34.1. The van der Waals surface area contributed by atoms with Crippen LogP contribution in [0.1, 0.15) is 22.3 Å². The van der Waals surface area contributed by atoms with E-state index in [9.17, 15) is 0 Å². The van der Waals surface area contributed by atoms with Crippen LogP contribution in [0.5, 0.6) is 0 Å². The van der Waals surface area contributed by atoms with Crippen LogP contribution in [0.25, 0.3) is 0 Å². The molecule has 1 aliphatic carbocycles. The van der Waals surface area contributed by atoms with Crippen LogP contribution in [0.4, 0.5) is 0 Å². The van der Waals surface area contributed by atoms with Crippen molar-refractivity contribution in [2.75, 3.05) is 56.4 Å². The van der Waals surface area contributed by atoms with Crippen molar-refractivity contribution in [3.05, 3.63) is 144 Å². The van der Waals surface area contributed by atoms with E-state index >= 15 is 0 Å². The van der Waals surface area contributed by atoms with Crippen molar-refractivity contribution in [3.63, 3.8) is 0 Å². The van der Waals surface area contributed by atoms with Gasteiger partial charge >= 0.3 is 301 Å². The van der Waals surface area contributed by atoms with Crippen LogP contribution in [0.3, 0.4) is 0 Å². The first-order valence-electron chi connectivity index (χ1n) is 17.1. The number of benzene rings is 4. The van der Waals surface area contributed by atoms with Gasteiger partial charge in [0.1, 0.15) is 0 Å². The fraction of sp³-hybridized carbons (Fsp3) is 0.317. The van der Waals surface area contributed by atoms with Gasteiger partial charge in [-0.25, -0.2) is 0 Å². The summed E-state index contributed by atoms with van der Waals surface area (Å²) in [6.45, 7) is 3.53. The molecule has 0 bridgehead atoms. The van der Waals surface area contributed by atoms with E-state index in [2.05, 4.69) is 197 Å². The monoisotopic (exact) mass is 856 g/mol. The van der Waals surface area contributed by atoms with Gasteiger partial charge in [0.2, 0.25) is 0 Å². The molecule has 4 aromatic carbocycles. The molecule has 1 heterocycles. The van der Waals surface area contributed by atoms with E-state index in [1.165, 1.54) is 36.6 Å². The van der Waals surface area contributed by atoms with Gasteiger partial charge in [-0.1, -0.05) is 0 Å². The summed E-state index contributed by atoms with van der Waals surface area (Å²) >= 11 is -8.40. The second-order valence-corrected chi connectivity index (χ2v) is 41.8. The van der Waals surface area contributed by atoms with Crippen molar-refractivity contribution in [2.24, 2.45) is 0 Å². The summed E-state index contributed by atoms with van der Waals surface area (Å²) in [5.74, 6) is 0. The second-order valence-electron chi connectivity index (χ2n) is 14.6. The third-order valence-electron chi connectivity index (χ3n) is 9.83. The Morgan fingerprint density at radius 3 is 0.917 bits per heavy atom. The molecule has 0 N–H and O–H groups in total.